The standard InChI is InChI=1S/C10H14O.C5H10Si/c1-10(2,3)8-5-4-6-9(11)7-8;1-5-6(2,3)4/h4-7,11H,1-3H3;1H,2-4H3. The van der Waals surface area contributed by atoms with Gasteiger partial charge in [-0.05, 0) is 23.1 Å². The van der Waals surface area contributed by atoms with Gasteiger partial charge in [-0.15, -0.1) is 12.0 Å². The van der Waals surface area contributed by atoms with E-state index in [1.54, 1.807) is 12.1 Å². The Labute approximate surface area is 107 Å². The summed E-state index contributed by atoms with van der Waals surface area (Å²) in [6.45, 7) is 12.8. The maximum atomic E-state index is 9.18. The first-order valence-electron chi connectivity index (χ1n) is 5.83. The summed E-state index contributed by atoms with van der Waals surface area (Å²) in [6.07, 6.45) is 5.12. The summed E-state index contributed by atoms with van der Waals surface area (Å²) in [5.41, 5.74) is 4.03. The van der Waals surface area contributed by atoms with Gasteiger partial charge in [0.2, 0.25) is 0 Å². The van der Waals surface area contributed by atoms with Crippen molar-refractivity contribution in [2.24, 2.45) is 0 Å². The first kappa shape index (κ1) is 15.8. The summed E-state index contributed by atoms with van der Waals surface area (Å²) >= 11 is 0. The predicted molar refractivity (Wildman–Crippen MR) is 79.0 cm³/mol. The van der Waals surface area contributed by atoms with E-state index in [2.05, 4.69) is 46.0 Å². The molecule has 1 N–H and O–H groups in total. The number of benzene rings is 1. The second kappa shape index (κ2) is 5.93. The van der Waals surface area contributed by atoms with Crippen LogP contribution in [-0.4, -0.2) is 13.2 Å². The smallest absolute Gasteiger partial charge is 0.128 e. The Morgan fingerprint density at radius 2 is 1.65 bits per heavy atom. The monoisotopic (exact) mass is 248 g/mol. The normalized spacial score (nSPS) is 11.1. The van der Waals surface area contributed by atoms with E-state index in [9.17, 15) is 5.11 Å². The van der Waals surface area contributed by atoms with Crippen molar-refractivity contribution < 1.29 is 5.11 Å². The molecule has 1 rings (SSSR count). The number of hydrogen-bond donors (Lipinski definition) is 1. The van der Waals surface area contributed by atoms with E-state index in [1.165, 1.54) is 0 Å². The van der Waals surface area contributed by atoms with Crippen LogP contribution < -0.4 is 0 Å². The highest BCUT2D eigenvalue weighted by molar-refractivity contribution is 6.83. The SMILES string of the molecule is C#C[Si](C)(C)C.CC(C)(C)c1cccc(O)c1. The molecule has 0 amide bonds. The first-order valence-corrected chi connectivity index (χ1v) is 9.33. The van der Waals surface area contributed by atoms with Crippen molar-refractivity contribution in [2.45, 2.75) is 45.8 Å². The van der Waals surface area contributed by atoms with Crippen molar-refractivity contribution in [1.82, 2.24) is 0 Å². The fraction of sp³-hybridized carbons (Fsp3) is 0.467. The van der Waals surface area contributed by atoms with Gasteiger partial charge in [0.15, 0.2) is 0 Å². The minimum absolute atomic E-state index is 0.124. The number of rotatable bonds is 0. The molecule has 0 aliphatic heterocycles. The van der Waals surface area contributed by atoms with Gasteiger partial charge in [-0.2, -0.15) is 0 Å². The lowest BCUT2D eigenvalue weighted by molar-refractivity contribution is 0.471. The highest BCUT2D eigenvalue weighted by atomic mass is 28.3. The topological polar surface area (TPSA) is 20.2 Å². The average molecular weight is 248 g/mol. The molecule has 0 aliphatic carbocycles. The van der Waals surface area contributed by atoms with Crippen molar-refractivity contribution in [3.05, 3.63) is 29.8 Å². The van der Waals surface area contributed by atoms with Crippen molar-refractivity contribution in [1.29, 1.82) is 0 Å². The molecule has 0 bridgehead atoms. The fourth-order valence-corrected chi connectivity index (χ4v) is 0.972. The summed E-state index contributed by atoms with van der Waals surface area (Å²) in [5.74, 6) is 0.345. The van der Waals surface area contributed by atoms with E-state index >= 15 is 0 Å². The minimum Gasteiger partial charge on any atom is -0.508 e. The van der Waals surface area contributed by atoms with Crippen LogP contribution in [0, 0.1) is 12.0 Å². The third kappa shape index (κ3) is 7.65. The van der Waals surface area contributed by atoms with E-state index in [0.717, 1.165) is 5.56 Å². The van der Waals surface area contributed by atoms with Gasteiger partial charge < -0.3 is 5.11 Å². The van der Waals surface area contributed by atoms with Crippen LogP contribution in [0.15, 0.2) is 24.3 Å². The summed E-state index contributed by atoms with van der Waals surface area (Å²) < 4.78 is 0. The summed E-state index contributed by atoms with van der Waals surface area (Å²) in [7, 11) is -1.10. The second-order valence-electron chi connectivity index (χ2n) is 6.19. The third-order valence-electron chi connectivity index (χ3n) is 2.15. The zero-order valence-electron chi connectivity index (χ0n) is 11.8. The Balaban J connectivity index is 0.000000366. The molecule has 0 saturated heterocycles. The summed E-state index contributed by atoms with van der Waals surface area (Å²) in [4.78, 5) is 0. The molecule has 17 heavy (non-hydrogen) atoms. The number of phenolic OH excluding ortho intramolecular Hbond substituents is 1. The van der Waals surface area contributed by atoms with Gasteiger partial charge in [-0.1, -0.05) is 52.5 Å². The van der Waals surface area contributed by atoms with Crippen LogP contribution in [0.3, 0.4) is 0 Å². The van der Waals surface area contributed by atoms with E-state index in [4.69, 9.17) is 6.42 Å². The van der Waals surface area contributed by atoms with Crippen LogP contribution in [0.1, 0.15) is 26.3 Å². The molecular formula is C15H24OSi. The average Bonchev–Trinajstić information content (AvgIpc) is 2.16. The number of terminal acetylenes is 1. The maximum Gasteiger partial charge on any atom is 0.128 e. The van der Waals surface area contributed by atoms with Crippen LogP contribution in [0.4, 0.5) is 0 Å². The highest BCUT2D eigenvalue weighted by Gasteiger charge is 2.12. The molecule has 0 aromatic heterocycles. The van der Waals surface area contributed by atoms with E-state index in [-0.39, 0.29) is 5.41 Å². The van der Waals surface area contributed by atoms with Crippen LogP contribution in [0.5, 0.6) is 5.75 Å². The maximum absolute atomic E-state index is 9.18. The zero-order valence-corrected chi connectivity index (χ0v) is 12.8. The molecule has 94 valence electrons. The predicted octanol–water partition coefficient (Wildman–Crippen LogP) is 4.19. The molecule has 0 radical (unpaired) electrons. The van der Waals surface area contributed by atoms with Gasteiger partial charge >= 0.3 is 0 Å². The molecule has 0 fully saturated rings. The minimum atomic E-state index is -1.10. The Kier molecular flexibility index (Phi) is 5.51. The zero-order chi connectivity index (χ0) is 13.7. The van der Waals surface area contributed by atoms with Crippen LogP contribution in [-0.2, 0) is 5.41 Å². The molecule has 0 unspecified atom stereocenters. The molecule has 0 aliphatic rings. The van der Waals surface area contributed by atoms with E-state index in [0.29, 0.717) is 5.75 Å². The lowest BCUT2D eigenvalue weighted by Gasteiger charge is -2.18. The lowest BCUT2D eigenvalue weighted by Crippen LogP contribution is -2.15. The molecule has 0 spiro atoms. The van der Waals surface area contributed by atoms with Gasteiger partial charge in [-0.25, -0.2) is 0 Å². The Morgan fingerprint density at radius 1 is 1.18 bits per heavy atom. The third-order valence-corrected chi connectivity index (χ3v) is 3.01. The van der Waals surface area contributed by atoms with Gasteiger partial charge in [0.25, 0.3) is 0 Å². The fourth-order valence-electron chi connectivity index (χ4n) is 0.972. The molecule has 2 heteroatoms. The quantitative estimate of drug-likeness (QED) is 0.539. The van der Waals surface area contributed by atoms with Crippen molar-refractivity contribution in [2.75, 3.05) is 0 Å². The molecule has 0 atom stereocenters. The van der Waals surface area contributed by atoms with Gasteiger partial charge in [0.1, 0.15) is 13.8 Å². The first-order chi connectivity index (χ1) is 7.56. The molecule has 1 aromatic rings. The highest BCUT2D eigenvalue weighted by Crippen LogP contribution is 2.24. The van der Waals surface area contributed by atoms with E-state index in [1.807, 2.05) is 12.1 Å². The van der Waals surface area contributed by atoms with E-state index < -0.39 is 8.07 Å². The van der Waals surface area contributed by atoms with Crippen LogP contribution in [0.2, 0.25) is 19.6 Å². The lowest BCUT2D eigenvalue weighted by atomic mass is 9.87. The second-order valence-corrected chi connectivity index (χ2v) is 11.0. The largest absolute Gasteiger partial charge is 0.508 e. The molecular weight excluding hydrogens is 224 g/mol. The van der Waals surface area contributed by atoms with Gasteiger partial charge in [0, 0.05) is 0 Å². The molecule has 0 saturated carbocycles. The van der Waals surface area contributed by atoms with Crippen molar-refractivity contribution in [3.63, 3.8) is 0 Å². The van der Waals surface area contributed by atoms with Gasteiger partial charge in [0.05, 0.1) is 0 Å². The number of aromatic hydroxyl groups is 1. The summed E-state index contributed by atoms with van der Waals surface area (Å²) in [5, 5.41) is 9.18. The van der Waals surface area contributed by atoms with Crippen molar-refractivity contribution in [3.8, 4) is 17.7 Å². The van der Waals surface area contributed by atoms with Crippen LogP contribution in [0.25, 0.3) is 0 Å². The summed E-state index contributed by atoms with van der Waals surface area (Å²) in [6, 6.07) is 7.39. The Hall–Kier alpha value is -1.20. The molecule has 1 nitrogen and oxygen atoms in total. The molecule has 0 heterocycles. The Morgan fingerprint density at radius 3 is 1.88 bits per heavy atom. The Bertz CT molecular complexity index is 389. The molecule has 1 aromatic carbocycles. The number of hydrogen-bond acceptors (Lipinski definition) is 1. The van der Waals surface area contributed by atoms with Crippen molar-refractivity contribution >= 4 is 8.07 Å². The van der Waals surface area contributed by atoms with Crippen LogP contribution >= 0.6 is 0 Å². The number of phenols is 1. The van der Waals surface area contributed by atoms with Gasteiger partial charge in [-0.3, -0.25) is 0 Å².